The number of aryl methyl sites for hydroxylation is 1. The molecular formula is C16H22. The van der Waals surface area contributed by atoms with Gasteiger partial charge in [-0.05, 0) is 36.8 Å². The molecule has 1 aromatic rings. The summed E-state index contributed by atoms with van der Waals surface area (Å²) in [4.78, 5) is 0. The maximum absolute atomic E-state index is 2.42. The molecule has 0 saturated heterocycles. The van der Waals surface area contributed by atoms with Gasteiger partial charge in [0.25, 0.3) is 0 Å². The van der Waals surface area contributed by atoms with Crippen LogP contribution in [0, 0.1) is 0 Å². The number of allylic oxidation sites excluding steroid dienone is 1. The number of rotatable bonds is 5. The van der Waals surface area contributed by atoms with Crippen molar-refractivity contribution in [1.29, 1.82) is 0 Å². The van der Waals surface area contributed by atoms with Crippen molar-refractivity contribution in [3.63, 3.8) is 0 Å². The van der Waals surface area contributed by atoms with Crippen LogP contribution in [-0.4, -0.2) is 0 Å². The van der Waals surface area contributed by atoms with Crippen LogP contribution in [0.15, 0.2) is 29.8 Å². The molecule has 1 aliphatic rings. The predicted octanol–water partition coefficient (Wildman–Crippen LogP) is 4.99. The first-order valence-electron chi connectivity index (χ1n) is 6.67. The van der Waals surface area contributed by atoms with Gasteiger partial charge in [-0.3, -0.25) is 0 Å². The summed E-state index contributed by atoms with van der Waals surface area (Å²) in [6.45, 7) is 2.27. The highest BCUT2D eigenvalue weighted by Gasteiger charge is 2.08. The van der Waals surface area contributed by atoms with E-state index in [4.69, 9.17) is 0 Å². The first kappa shape index (κ1) is 11.4. The van der Waals surface area contributed by atoms with Crippen LogP contribution in [-0.2, 0) is 6.42 Å². The van der Waals surface area contributed by atoms with E-state index in [0.717, 1.165) is 0 Å². The number of hydrogen-bond donors (Lipinski definition) is 0. The molecule has 0 atom stereocenters. The fourth-order valence-electron chi connectivity index (χ4n) is 2.47. The zero-order valence-electron chi connectivity index (χ0n) is 10.3. The quantitative estimate of drug-likeness (QED) is 0.606. The van der Waals surface area contributed by atoms with Crippen LogP contribution in [0.4, 0.5) is 0 Å². The molecule has 16 heavy (non-hydrogen) atoms. The highest BCUT2D eigenvalue weighted by molar-refractivity contribution is 5.59. The Kier molecular flexibility index (Phi) is 4.21. The molecule has 0 heterocycles. The molecular weight excluding hydrogens is 192 g/mol. The largest absolute Gasteiger partial charge is 0.0693 e. The van der Waals surface area contributed by atoms with E-state index in [0.29, 0.717) is 0 Å². The zero-order chi connectivity index (χ0) is 11.2. The van der Waals surface area contributed by atoms with Crippen molar-refractivity contribution >= 4 is 6.08 Å². The maximum Gasteiger partial charge on any atom is -0.0225 e. The summed E-state index contributed by atoms with van der Waals surface area (Å²) in [7, 11) is 0. The third-order valence-corrected chi connectivity index (χ3v) is 3.48. The van der Waals surface area contributed by atoms with Crippen LogP contribution in [0.3, 0.4) is 0 Å². The summed E-state index contributed by atoms with van der Waals surface area (Å²) in [6.07, 6.45) is 11.8. The molecule has 0 aliphatic heterocycles. The monoisotopic (exact) mass is 214 g/mol. The SMILES string of the molecule is CCCCCCC1=Cc2ccccc2CC1. The Labute approximate surface area is 99.4 Å². The molecule has 0 radical (unpaired) electrons. The second kappa shape index (κ2) is 5.89. The van der Waals surface area contributed by atoms with Crippen molar-refractivity contribution < 1.29 is 0 Å². The van der Waals surface area contributed by atoms with E-state index in [1.807, 2.05) is 0 Å². The topological polar surface area (TPSA) is 0 Å². The van der Waals surface area contributed by atoms with Gasteiger partial charge in [-0.2, -0.15) is 0 Å². The van der Waals surface area contributed by atoms with Gasteiger partial charge in [0.05, 0.1) is 0 Å². The van der Waals surface area contributed by atoms with Crippen molar-refractivity contribution in [2.24, 2.45) is 0 Å². The van der Waals surface area contributed by atoms with E-state index in [9.17, 15) is 0 Å². The lowest BCUT2D eigenvalue weighted by Gasteiger charge is -2.16. The van der Waals surface area contributed by atoms with Crippen molar-refractivity contribution in [3.05, 3.63) is 41.0 Å². The number of fused-ring (bicyclic) bond motifs is 1. The molecule has 0 saturated carbocycles. The molecule has 1 aliphatic carbocycles. The van der Waals surface area contributed by atoms with Crippen molar-refractivity contribution in [2.45, 2.75) is 51.9 Å². The molecule has 0 spiro atoms. The van der Waals surface area contributed by atoms with E-state index in [1.54, 1.807) is 5.57 Å². The van der Waals surface area contributed by atoms with Crippen LogP contribution in [0.2, 0.25) is 0 Å². The highest BCUT2D eigenvalue weighted by Crippen LogP contribution is 2.26. The molecule has 0 heteroatoms. The fraction of sp³-hybridized carbons (Fsp3) is 0.500. The lowest BCUT2D eigenvalue weighted by atomic mass is 9.90. The summed E-state index contributed by atoms with van der Waals surface area (Å²) in [5, 5.41) is 0. The van der Waals surface area contributed by atoms with Gasteiger partial charge in [0.15, 0.2) is 0 Å². The summed E-state index contributed by atoms with van der Waals surface area (Å²) in [6, 6.07) is 8.81. The normalized spacial score (nSPS) is 14.4. The molecule has 1 aromatic carbocycles. The van der Waals surface area contributed by atoms with Gasteiger partial charge in [0, 0.05) is 0 Å². The molecule has 0 amide bonds. The van der Waals surface area contributed by atoms with Gasteiger partial charge in [0.1, 0.15) is 0 Å². The Balaban J connectivity index is 1.91. The van der Waals surface area contributed by atoms with E-state index in [2.05, 4.69) is 37.3 Å². The highest BCUT2D eigenvalue weighted by atomic mass is 14.1. The molecule has 0 nitrogen and oxygen atoms in total. The summed E-state index contributed by atoms with van der Waals surface area (Å²) in [5.41, 5.74) is 4.65. The molecule has 0 aromatic heterocycles. The summed E-state index contributed by atoms with van der Waals surface area (Å²) >= 11 is 0. The average Bonchev–Trinajstić information content (AvgIpc) is 2.34. The molecule has 86 valence electrons. The third-order valence-electron chi connectivity index (χ3n) is 3.48. The number of unbranched alkanes of at least 4 members (excludes halogenated alkanes) is 3. The molecule has 0 bridgehead atoms. The Morgan fingerprint density at radius 3 is 2.75 bits per heavy atom. The Morgan fingerprint density at radius 1 is 1.00 bits per heavy atom. The van der Waals surface area contributed by atoms with Gasteiger partial charge >= 0.3 is 0 Å². The Bertz CT molecular complexity index is 360. The third kappa shape index (κ3) is 2.98. The minimum atomic E-state index is 1.25. The number of benzene rings is 1. The number of hydrogen-bond acceptors (Lipinski definition) is 0. The van der Waals surface area contributed by atoms with Crippen molar-refractivity contribution in [3.8, 4) is 0 Å². The fourth-order valence-corrected chi connectivity index (χ4v) is 2.47. The standard InChI is InChI=1S/C16H22/c1-2-3-4-5-8-14-11-12-15-9-6-7-10-16(15)13-14/h6-7,9-10,13H,2-5,8,11-12H2,1H3. The van der Waals surface area contributed by atoms with Crippen molar-refractivity contribution in [2.75, 3.05) is 0 Å². The average molecular weight is 214 g/mol. The Hall–Kier alpha value is -1.04. The van der Waals surface area contributed by atoms with Crippen LogP contribution in [0.5, 0.6) is 0 Å². The first-order valence-corrected chi connectivity index (χ1v) is 6.67. The summed E-state index contributed by atoms with van der Waals surface area (Å²) in [5.74, 6) is 0. The van der Waals surface area contributed by atoms with Crippen LogP contribution in [0.1, 0.15) is 56.6 Å². The minimum absolute atomic E-state index is 1.25. The van der Waals surface area contributed by atoms with Crippen LogP contribution < -0.4 is 0 Å². The van der Waals surface area contributed by atoms with Gasteiger partial charge in [0.2, 0.25) is 0 Å². The first-order chi connectivity index (χ1) is 7.90. The van der Waals surface area contributed by atoms with E-state index < -0.39 is 0 Å². The van der Waals surface area contributed by atoms with E-state index in [-0.39, 0.29) is 0 Å². The summed E-state index contributed by atoms with van der Waals surface area (Å²) < 4.78 is 0. The van der Waals surface area contributed by atoms with Gasteiger partial charge in [-0.1, -0.05) is 62.1 Å². The van der Waals surface area contributed by atoms with Gasteiger partial charge in [-0.15, -0.1) is 0 Å². The minimum Gasteiger partial charge on any atom is -0.0693 e. The molecule has 0 unspecified atom stereocenters. The second-order valence-electron chi connectivity index (χ2n) is 4.81. The van der Waals surface area contributed by atoms with Crippen LogP contribution in [0.25, 0.3) is 6.08 Å². The van der Waals surface area contributed by atoms with Gasteiger partial charge in [-0.25, -0.2) is 0 Å². The van der Waals surface area contributed by atoms with Gasteiger partial charge < -0.3 is 0 Å². The van der Waals surface area contributed by atoms with E-state index >= 15 is 0 Å². The lowest BCUT2D eigenvalue weighted by Crippen LogP contribution is -1.99. The smallest absolute Gasteiger partial charge is 0.0225 e. The Morgan fingerprint density at radius 2 is 1.88 bits per heavy atom. The maximum atomic E-state index is 2.42. The van der Waals surface area contributed by atoms with E-state index in [1.165, 1.54) is 56.1 Å². The zero-order valence-corrected chi connectivity index (χ0v) is 10.3. The predicted molar refractivity (Wildman–Crippen MR) is 71.5 cm³/mol. The lowest BCUT2D eigenvalue weighted by molar-refractivity contribution is 0.654. The second-order valence-corrected chi connectivity index (χ2v) is 4.81. The van der Waals surface area contributed by atoms with Crippen LogP contribution >= 0.6 is 0 Å². The molecule has 0 fully saturated rings. The van der Waals surface area contributed by atoms with Crippen molar-refractivity contribution in [1.82, 2.24) is 0 Å². The molecule has 0 N–H and O–H groups in total. The molecule has 2 rings (SSSR count).